The normalized spacial score (nSPS) is 23.6. The van der Waals surface area contributed by atoms with Crippen LogP contribution < -0.4 is 0 Å². The van der Waals surface area contributed by atoms with E-state index in [0.29, 0.717) is 5.56 Å². The summed E-state index contributed by atoms with van der Waals surface area (Å²) in [6.45, 7) is 11.6. The highest BCUT2D eigenvalue weighted by molar-refractivity contribution is 7.89. The van der Waals surface area contributed by atoms with Crippen molar-refractivity contribution < 1.29 is 32.0 Å². The smallest absolute Gasteiger partial charge is 0.326 e. The van der Waals surface area contributed by atoms with Crippen molar-refractivity contribution >= 4 is 36.0 Å². The Kier molecular flexibility index (Phi) is 8.01. The number of piperidine rings is 1. The average Bonchev–Trinajstić information content (AvgIpc) is 2.89. The summed E-state index contributed by atoms with van der Waals surface area (Å²) in [6, 6.07) is 15.2. The molecule has 8 nitrogen and oxygen atoms in total. The van der Waals surface area contributed by atoms with E-state index in [1.165, 1.54) is 24.3 Å². The van der Waals surface area contributed by atoms with Gasteiger partial charge in [0.1, 0.15) is 6.61 Å². The summed E-state index contributed by atoms with van der Waals surface area (Å²) >= 11 is 0. The number of rotatable bonds is 7. The van der Waals surface area contributed by atoms with Gasteiger partial charge in [-0.2, -0.15) is 0 Å². The summed E-state index contributed by atoms with van der Waals surface area (Å²) in [7, 11) is -6.91. The van der Waals surface area contributed by atoms with E-state index in [0.717, 1.165) is 9.87 Å². The second-order valence-electron chi connectivity index (χ2n) is 12.1. The Morgan fingerprint density at radius 3 is 2.27 bits per heavy atom. The Morgan fingerprint density at radius 1 is 1.05 bits per heavy atom. The second kappa shape index (κ2) is 10.7. The quantitative estimate of drug-likeness (QED) is 0.262. The van der Waals surface area contributed by atoms with Gasteiger partial charge in [0.25, 0.3) is 15.9 Å². The highest BCUT2D eigenvalue weighted by atomic mass is 32.2. The number of amides is 1. The molecule has 2 aromatic carbocycles. The number of esters is 1. The number of benzene rings is 2. The highest BCUT2D eigenvalue weighted by Gasteiger charge is 2.64. The number of hydrogen-bond donors (Lipinski definition) is 0. The zero-order valence-corrected chi connectivity index (χ0v) is 25.7. The third kappa shape index (κ3) is 5.44. The molecule has 40 heavy (non-hydrogen) atoms. The number of sulfonamides is 1. The van der Waals surface area contributed by atoms with Gasteiger partial charge in [-0.3, -0.25) is 14.4 Å². The maximum absolute atomic E-state index is 14.3. The van der Waals surface area contributed by atoms with E-state index in [4.69, 9.17) is 9.16 Å². The van der Waals surface area contributed by atoms with Crippen LogP contribution in [0, 0.1) is 18.3 Å². The van der Waals surface area contributed by atoms with Crippen LogP contribution in [0.4, 0.5) is 0 Å². The van der Waals surface area contributed by atoms with E-state index in [9.17, 15) is 22.8 Å². The van der Waals surface area contributed by atoms with Gasteiger partial charge in [-0.25, -0.2) is 12.7 Å². The number of aryl methyl sites for hydroxylation is 1. The average molecular weight is 584 g/mol. The van der Waals surface area contributed by atoms with Gasteiger partial charge in [0.15, 0.2) is 19.5 Å². The van der Waals surface area contributed by atoms with E-state index >= 15 is 0 Å². The Bertz CT molecular complexity index is 1430. The summed E-state index contributed by atoms with van der Waals surface area (Å²) < 4.78 is 41.0. The maximum atomic E-state index is 14.3. The molecule has 2 aliphatic rings. The zero-order valence-electron chi connectivity index (χ0n) is 23.8. The molecule has 0 N–H and O–H groups in total. The largest absolute Gasteiger partial charge is 0.460 e. The Hall–Kier alpha value is -3.08. The molecule has 1 aliphatic heterocycles. The fourth-order valence-corrected chi connectivity index (χ4v) is 7.69. The summed E-state index contributed by atoms with van der Waals surface area (Å²) in [5, 5.41) is -0.250. The molecule has 2 aromatic rings. The van der Waals surface area contributed by atoms with Crippen molar-refractivity contribution in [2.75, 3.05) is 6.54 Å². The molecule has 0 bridgehead atoms. The predicted molar refractivity (Wildman–Crippen MR) is 153 cm³/mol. The lowest BCUT2D eigenvalue weighted by atomic mass is 9.64. The number of ether oxygens (including phenoxy) is 1. The van der Waals surface area contributed by atoms with Gasteiger partial charge in [0.2, 0.25) is 0 Å². The molecule has 1 saturated heterocycles. The van der Waals surface area contributed by atoms with Gasteiger partial charge in [-0.1, -0.05) is 74.9 Å². The SMILES string of the molecule is Cc1ccc(S(=O)(=O)N2C[C@@H](O[Si](C)(C)C(C)(C)C)[C@H]3CC(=O)C=C[C@@]3(C(=O)OCc3ccccc3)C2=O)cc1. The lowest BCUT2D eigenvalue weighted by molar-refractivity contribution is -0.173. The lowest BCUT2D eigenvalue weighted by Crippen LogP contribution is -2.66. The van der Waals surface area contributed by atoms with Crippen molar-refractivity contribution in [3.05, 3.63) is 77.9 Å². The second-order valence-corrected chi connectivity index (χ2v) is 18.7. The van der Waals surface area contributed by atoms with Crippen molar-refractivity contribution in [1.82, 2.24) is 4.31 Å². The number of nitrogens with zero attached hydrogens (tertiary/aromatic N) is 1. The fraction of sp³-hybridized carbons (Fsp3) is 0.433. The van der Waals surface area contributed by atoms with E-state index in [1.54, 1.807) is 36.4 Å². The molecule has 3 atom stereocenters. The van der Waals surface area contributed by atoms with Crippen molar-refractivity contribution in [3.8, 4) is 0 Å². The lowest BCUT2D eigenvalue weighted by Gasteiger charge is -2.51. The molecule has 1 aliphatic carbocycles. The molecule has 0 saturated carbocycles. The Labute approximate surface area is 237 Å². The van der Waals surface area contributed by atoms with Gasteiger partial charge in [0.05, 0.1) is 17.5 Å². The first-order valence-corrected chi connectivity index (χ1v) is 17.7. The summed E-state index contributed by atoms with van der Waals surface area (Å²) in [5.74, 6) is -3.01. The first kappa shape index (κ1) is 29.9. The minimum atomic E-state index is -4.36. The van der Waals surface area contributed by atoms with Gasteiger partial charge in [0, 0.05) is 12.3 Å². The van der Waals surface area contributed by atoms with Crippen LogP contribution in [-0.2, 0) is 40.2 Å². The van der Waals surface area contributed by atoms with Crippen LogP contribution in [0.25, 0.3) is 0 Å². The van der Waals surface area contributed by atoms with Crippen molar-refractivity contribution in [2.45, 2.75) is 69.9 Å². The van der Waals surface area contributed by atoms with Gasteiger partial charge in [-0.15, -0.1) is 0 Å². The third-order valence-electron chi connectivity index (χ3n) is 8.32. The van der Waals surface area contributed by atoms with E-state index < -0.39 is 47.7 Å². The topological polar surface area (TPSA) is 107 Å². The fourth-order valence-electron chi connectivity index (χ4n) is 4.90. The molecule has 4 rings (SSSR count). The van der Waals surface area contributed by atoms with Crippen LogP contribution in [0.5, 0.6) is 0 Å². The van der Waals surface area contributed by atoms with Crippen LogP contribution in [0.15, 0.2) is 71.6 Å². The molecule has 1 amide bonds. The van der Waals surface area contributed by atoms with Crippen LogP contribution in [-0.4, -0.2) is 51.3 Å². The number of ketones is 1. The number of carbonyl (C=O) groups is 3. The van der Waals surface area contributed by atoms with Crippen LogP contribution in [0.3, 0.4) is 0 Å². The highest BCUT2D eigenvalue weighted by Crippen LogP contribution is 2.49. The molecule has 0 aromatic heterocycles. The first-order chi connectivity index (χ1) is 18.6. The summed E-state index contributed by atoms with van der Waals surface area (Å²) in [6.07, 6.45) is 1.39. The molecule has 0 radical (unpaired) electrons. The molecule has 10 heteroatoms. The van der Waals surface area contributed by atoms with E-state index in [-0.39, 0.29) is 35.3 Å². The van der Waals surface area contributed by atoms with Crippen LogP contribution in [0.1, 0.15) is 38.3 Å². The third-order valence-corrected chi connectivity index (χ3v) is 14.6. The Balaban J connectivity index is 1.84. The minimum absolute atomic E-state index is 0.0698. The first-order valence-electron chi connectivity index (χ1n) is 13.3. The van der Waals surface area contributed by atoms with Crippen molar-refractivity contribution in [1.29, 1.82) is 0 Å². The molecule has 1 heterocycles. The zero-order chi connectivity index (χ0) is 29.5. The number of hydrogen-bond acceptors (Lipinski definition) is 7. The number of carbonyl (C=O) groups excluding carboxylic acids is 3. The molecule has 1 fully saturated rings. The predicted octanol–water partition coefficient (Wildman–Crippen LogP) is 4.79. The molecule has 214 valence electrons. The van der Waals surface area contributed by atoms with Crippen molar-refractivity contribution in [2.24, 2.45) is 11.3 Å². The minimum Gasteiger partial charge on any atom is -0.460 e. The van der Waals surface area contributed by atoms with Crippen molar-refractivity contribution in [3.63, 3.8) is 0 Å². The molecular weight excluding hydrogens is 546 g/mol. The monoisotopic (exact) mass is 583 g/mol. The van der Waals surface area contributed by atoms with Gasteiger partial charge >= 0.3 is 5.97 Å². The Morgan fingerprint density at radius 2 is 1.68 bits per heavy atom. The van der Waals surface area contributed by atoms with Gasteiger partial charge in [-0.05, 0) is 48.8 Å². The van der Waals surface area contributed by atoms with Crippen LogP contribution >= 0.6 is 0 Å². The summed E-state index contributed by atoms with van der Waals surface area (Å²) in [5.41, 5.74) is -0.468. The van der Waals surface area contributed by atoms with E-state index in [2.05, 4.69) is 0 Å². The van der Waals surface area contributed by atoms with E-state index in [1.807, 2.05) is 46.9 Å². The molecular formula is C30H37NO7SSi. The number of fused-ring (bicyclic) bond motifs is 1. The maximum Gasteiger partial charge on any atom is 0.326 e. The molecule has 0 unspecified atom stereocenters. The van der Waals surface area contributed by atoms with Gasteiger partial charge < -0.3 is 9.16 Å². The summed E-state index contributed by atoms with van der Waals surface area (Å²) in [4.78, 5) is 40.8. The van der Waals surface area contributed by atoms with Crippen LogP contribution in [0.2, 0.25) is 18.1 Å². The standard InChI is InChI=1S/C30H37NO7SSi/c1-21-12-14-24(15-13-21)39(35,36)31-19-26(38-40(5,6)29(2,3)4)25-18-23(32)16-17-30(25,27(31)33)28(34)37-20-22-10-8-7-9-11-22/h7-17,25-26H,18-20H2,1-6H3/t25-,26-,30+/m1/s1. The molecule has 0 spiro atoms. The number of allylic oxidation sites excluding steroid dienone is 1.